The lowest BCUT2D eigenvalue weighted by Crippen LogP contribution is -2.44. The molecule has 0 saturated carbocycles. The van der Waals surface area contributed by atoms with Gasteiger partial charge in [-0.25, -0.2) is 4.98 Å². The molecule has 1 unspecified atom stereocenters. The van der Waals surface area contributed by atoms with Crippen LogP contribution in [0.5, 0.6) is 11.6 Å². The van der Waals surface area contributed by atoms with Gasteiger partial charge in [-0.1, -0.05) is 18.2 Å². The predicted octanol–water partition coefficient (Wildman–Crippen LogP) is 3.25. The monoisotopic (exact) mass is 326 g/mol. The number of rotatable bonds is 5. The maximum Gasteiger partial charge on any atom is 0.255 e. The number of hydrogen-bond donors (Lipinski definition) is 1. The van der Waals surface area contributed by atoms with Crippen molar-refractivity contribution in [3.05, 3.63) is 54.2 Å². The van der Waals surface area contributed by atoms with Crippen LogP contribution in [0.3, 0.4) is 0 Å². The maximum absolute atomic E-state index is 12.7. The number of benzene rings is 1. The minimum Gasteiger partial charge on any atom is -0.439 e. The third kappa shape index (κ3) is 3.92. The topological polar surface area (TPSA) is 62.7 Å². The fourth-order valence-corrected chi connectivity index (χ4v) is 3.06. The number of aliphatic hydroxyl groups excluding tert-OH is 1. The first-order valence-corrected chi connectivity index (χ1v) is 8.38. The third-order valence-corrected chi connectivity index (χ3v) is 4.30. The molecule has 0 spiro atoms. The van der Waals surface area contributed by atoms with Gasteiger partial charge in [-0.3, -0.25) is 4.79 Å². The lowest BCUT2D eigenvalue weighted by atomic mass is 9.98. The van der Waals surface area contributed by atoms with Crippen LogP contribution >= 0.6 is 0 Å². The third-order valence-electron chi connectivity index (χ3n) is 4.30. The molecule has 1 aliphatic rings. The van der Waals surface area contributed by atoms with Crippen LogP contribution in [0, 0.1) is 0 Å². The normalized spacial score (nSPS) is 17.5. The van der Waals surface area contributed by atoms with Crippen molar-refractivity contribution < 1.29 is 14.6 Å². The van der Waals surface area contributed by atoms with Gasteiger partial charge in [-0.05, 0) is 43.9 Å². The zero-order valence-corrected chi connectivity index (χ0v) is 13.6. The van der Waals surface area contributed by atoms with Gasteiger partial charge in [0.2, 0.25) is 5.88 Å². The number of pyridine rings is 1. The van der Waals surface area contributed by atoms with Gasteiger partial charge in [0, 0.05) is 31.5 Å². The minimum atomic E-state index is -0.0214. The zero-order chi connectivity index (χ0) is 16.8. The molecule has 5 heteroatoms. The van der Waals surface area contributed by atoms with E-state index in [1.54, 1.807) is 18.3 Å². The fourth-order valence-electron chi connectivity index (χ4n) is 3.06. The number of aromatic nitrogens is 1. The number of para-hydroxylation sites is 1. The summed E-state index contributed by atoms with van der Waals surface area (Å²) >= 11 is 0. The number of hydrogen-bond acceptors (Lipinski definition) is 4. The van der Waals surface area contributed by atoms with E-state index in [9.17, 15) is 9.90 Å². The molecule has 126 valence electrons. The smallest absolute Gasteiger partial charge is 0.255 e. The Bertz CT molecular complexity index is 656. The molecule has 1 fully saturated rings. The largest absolute Gasteiger partial charge is 0.439 e. The molecule has 24 heavy (non-hydrogen) atoms. The second-order valence-electron chi connectivity index (χ2n) is 5.96. The predicted molar refractivity (Wildman–Crippen MR) is 91.1 cm³/mol. The van der Waals surface area contributed by atoms with Crippen molar-refractivity contribution in [3.8, 4) is 11.6 Å². The van der Waals surface area contributed by atoms with Gasteiger partial charge in [0.1, 0.15) is 5.75 Å². The summed E-state index contributed by atoms with van der Waals surface area (Å²) in [7, 11) is 0. The Morgan fingerprint density at radius 3 is 2.75 bits per heavy atom. The van der Waals surface area contributed by atoms with E-state index < -0.39 is 0 Å². The number of piperidine rings is 1. The molecule has 1 atom stereocenters. The number of carbonyl (C=O) groups excluding carboxylic acids is 1. The van der Waals surface area contributed by atoms with Crippen molar-refractivity contribution >= 4 is 5.91 Å². The summed E-state index contributed by atoms with van der Waals surface area (Å²) in [5.74, 6) is 1.15. The Labute approximate surface area is 141 Å². The average Bonchev–Trinajstić information content (AvgIpc) is 2.63. The number of aliphatic hydroxyl groups is 1. The van der Waals surface area contributed by atoms with Crippen molar-refractivity contribution in [1.82, 2.24) is 9.88 Å². The highest BCUT2D eigenvalue weighted by molar-refractivity contribution is 5.94. The van der Waals surface area contributed by atoms with Crippen molar-refractivity contribution in [3.63, 3.8) is 0 Å². The summed E-state index contributed by atoms with van der Waals surface area (Å²) in [4.78, 5) is 18.8. The van der Waals surface area contributed by atoms with Crippen molar-refractivity contribution in [2.24, 2.45) is 0 Å². The molecule has 0 bridgehead atoms. The van der Waals surface area contributed by atoms with E-state index >= 15 is 0 Å². The highest BCUT2D eigenvalue weighted by atomic mass is 16.5. The van der Waals surface area contributed by atoms with Crippen molar-refractivity contribution in [2.75, 3.05) is 13.2 Å². The van der Waals surface area contributed by atoms with E-state index in [1.807, 2.05) is 35.2 Å². The SMILES string of the molecule is O=C(c1ccc(Oc2ccccc2)nc1)N1CCCCC1CCO. The minimum absolute atomic E-state index is 0.0214. The summed E-state index contributed by atoms with van der Waals surface area (Å²) < 4.78 is 5.65. The second-order valence-corrected chi connectivity index (χ2v) is 5.96. The molecular weight excluding hydrogens is 304 g/mol. The van der Waals surface area contributed by atoms with E-state index in [0.717, 1.165) is 25.8 Å². The summed E-state index contributed by atoms with van der Waals surface area (Å²) in [5, 5.41) is 9.20. The van der Waals surface area contributed by atoms with Gasteiger partial charge in [-0.15, -0.1) is 0 Å². The quantitative estimate of drug-likeness (QED) is 0.916. The number of ether oxygens (including phenoxy) is 1. The molecule has 0 radical (unpaired) electrons. The first-order chi connectivity index (χ1) is 11.8. The Balaban J connectivity index is 1.69. The molecule has 1 aromatic heterocycles. The maximum atomic E-state index is 12.7. The number of likely N-dealkylation sites (tertiary alicyclic amines) is 1. The Morgan fingerprint density at radius 2 is 2.04 bits per heavy atom. The van der Waals surface area contributed by atoms with Gasteiger partial charge < -0.3 is 14.7 Å². The summed E-state index contributed by atoms with van der Waals surface area (Å²) in [5.41, 5.74) is 0.556. The van der Waals surface area contributed by atoms with Crippen molar-refractivity contribution in [2.45, 2.75) is 31.7 Å². The van der Waals surface area contributed by atoms with E-state index in [2.05, 4.69) is 4.98 Å². The van der Waals surface area contributed by atoms with Gasteiger partial charge in [-0.2, -0.15) is 0 Å². The van der Waals surface area contributed by atoms with Crippen LogP contribution in [0.4, 0.5) is 0 Å². The first-order valence-electron chi connectivity index (χ1n) is 8.38. The average molecular weight is 326 g/mol. The Hall–Kier alpha value is -2.40. The molecule has 3 rings (SSSR count). The number of nitrogens with zero attached hydrogens (tertiary/aromatic N) is 2. The molecule has 1 aromatic carbocycles. The van der Waals surface area contributed by atoms with E-state index in [0.29, 0.717) is 23.6 Å². The van der Waals surface area contributed by atoms with Crippen LogP contribution in [-0.4, -0.2) is 40.1 Å². The van der Waals surface area contributed by atoms with Crippen LogP contribution in [-0.2, 0) is 0 Å². The van der Waals surface area contributed by atoms with Gasteiger partial charge in [0.05, 0.1) is 5.56 Å². The Morgan fingerprint density at radius 1 is 1.21 bits per heavy atom. The van der Waals surface area contributed by atoms with Crippen LogP contribution < -0.4 is 4.74 Å². The highest BCUT2D eigenvalue weighted by Crippen LogP contribution is 2.23. The molecule has 2 heterocycles. The van der Waals surface area contributed by atoms with E-state index in [1.165, 1.54) is 0 Å². The first kappa shape index (κ1) is 16.5. The molecule has 1 amide bonds. The summed E-state index contributed by atoms with van der Waals surface area (Å²) in [6, 6.07) is 13.0. The standard InChI is InChI=1S/C19H22N2O3/c22-13-11-16-6-4-5-12-21(16)19(23)15-9-10-18(20-14-15)24-17-7-2-1-3-8-17/h1-3,7-10,14,16,22H,4-6,11-13H2. The van der Waals surface area contributed by atoms with E-state index in [4.69, 9.17) is 4.74 Å². The number of carbonyl (C=O) groups is 1. The van der Waals surface area contributed by atoms with Gasteiger partial charge >= 0.3 is 0 Å². The molecule has 1 saturated heterocycles. The number of amides is 1. The molecule has 1 aliphatic heterocycles. The molecule has 2 aromatic rings. The molecular formula is C19H22N2O3. The second kappa shape index (κ2) is 7.93. The lowest BCUT2D eigenvalue weighted by molar-refractivity contribution is 0.0574. The fraction of sp³-hybridized carbons (Fsp3) is 0.368. The highest BCUT2D eigenvalue weighted by Gasteiger charge is 2.27. The molecule has 1 N–H and O–H groups in total. The van der Waals surface area contributed by atoms with Crippen LogP contribution in [0.2, 0.25) is 0 Å². The zero-order valence-electron chi connectivity index (χ0n) is 13.6. The van der Waals surface area contributed by atoms with Crippen LogP contribution in [0.1, 0.15) is 36.0 Å². The van der Waals surface area contributed by atoms with Crippen molar-refractivity contribution in [1.29, 1.82) is 0 Å². The van der Waals surface area contributed by atoms with Gasteiger partial charge in [0.25, 0.3) is 5.91 Å². The van der Waals surface area contributed by atoms with Crippen LogP contribution in [0.25, 0.3) is 0 Å². The summed E-state index contributed by atoms with van der Waals surface area (Å²) in [6.45, 7) is 0.850. The lowest BCUT2D eigenvalue weighted by Gasteiger charge is -2.35. The molecule has 5 nitrogen and oxygen atoms in total. The summed E-state index contributed by atoms with van der Waals surface area (Å²) in [6.07, 6.45) is 5.27. The van der Waals surface area contributed by atoms with Crippen LogP contribution in [0.15, 0.2) is 48.7 Å². The molecule has 0 aliphatic carbocycles. The van der Waals surface area contributed by atoms with E-state index in [-0.39, 0.29) is 18.6 Å². The Kier molecular flexibility index (Phi) is 5.43. The van der Waals surface area contributed by atoms with Gasteiger partial charge in [0.15, 0.2) is 0 Å².